The van der Waals surface area contributed by atoms with Crippen LogP contribution in [0.2, 0.25) is 5.02 Å². The summed E-state index contributed by atoms with van der Waals surface area (Å²) in [5.41, 5.74) is 0.181. The summed E-state index contributed by atoms with van der Waals surface area (Å²) in [7, 11) is -1.50. The molecule has 0 aliphatic heterocycles. The first-order valence-electron chi connectivity index (χ1n) is 7.06. The molecule has 4 nitrogen and oxygen atoms in total. The number of nitrogens with one attached hydrogen (secondary N) is 1. The predicted molar refractivity (Wildman–Crippen MR) is 86.8 cm³/mol. The third kappa shape index (κ3) is 7.33. The first-order chi connectivity index (χ1) is 10.4. The summed E-state index contributed by atoms with van der Waals surface area (Å²) in [6.45, 7) is 4.90. The van der Waals surface area contributed by atoms with Gasteiger partial charge in [-0.2, -0.15) is 0 Å². The number of amides is 1. The Labute approximate surface area is 137 Å². The van der Waals surface area contributed by atoms with Crippen LogP contribution < -0.4 is 5.32 Å². The standard InChI is InChI=1S/C15H21ClFNO3S/c1-11(2)21-8-4-7-18-15(19)10-22(20)9-12-13(16)5-3-6-14(12)17/h3,5-6,11H,4,7-10H2,1-2H3,(H,18,19). The second-order valence-electron chi connectivity index (χ2n) is 5.05. The van der Waals surface area contributed by atoms with Crippen molar-refractivity contribution >= 4 is 28.3 Å². The molecule has 0 aliphatic rings. The molecule has 1 atom stereocenters. The Kier molecular flexibility index (Phi) is 8.60. The van der Waals surface area contributed by atoms with Gasteiger partial charge in [0.2, 0.25) is 5.91 Å². The van der Waals surface area contributed by atoms with Gasteiger partial charge in [-0.3, -0.25) is 9.00 Å². The number of benzene rings is 1. The number of hydrogen-bond donors (Lipinski definition) is 1. The summed E-state index contributed by atoms with van der Waals surface area (Å²) in [5, 5.41) is 2.89. The van der Waals surface area contributed by atoms with Crippen molar-refractivity contribution in [1.82, 2.24) is 5.32 Å². The van der Waals surface area contributed by atoms with E-state index in [9.17, 15) is 13.4 Å². The monoisotopic (exact) mass is 349 g/mol. The molecule has 22 heavy (non-hydrogen) atoms. The van der Waals surface area contributed by atoms with Gasteiger partial charge in [0.05, 0.1) is 11.9 Å². The van der Waals surface area contributed by atoms with Gasteiger partial charge >= 0.3 is 0 Å². The Balaban J connectivity index is 2.31. The first kappa shape index (κ1) is 19.1. The zero-order valence-electron chi connectivity index (χ0n) is 12.7. The maximum Gasteiger partial charge on any atom is 0.232 e. The average Bonchev–Trinajstić information content (AvgIpc) is 2.42. The van der Waals surface area contributed by atoms with Gasteiger partial charge in [0, 0.05) is 34.5 Å². The molecule has 0 fully saturated rings. The summed E-state index contributed by atoms with van der Waals surface area (Å²) in [6.07, 6.45) is 0.851. The van der Waals surface area contributed by atoms with Gasteiger partial charge in [0.15, 0.2) is 0 Å². The van der Waals surface area contributed by atoms with E-state index < -0.39 is 16.6 Å². The van der Waals surface area contributed by atoms with Crippen LogP contribution in [-0.2, 0) is 26.1 Å². The van der Waals surface area contributed by atoms with Crippen LogP contribution in [0.5, 0.6) is 0 Å². The molecule has 1 amide bonds. The van der Waals surface area contributed by atoms with Crippen molar-refractivity contribution < 1.29 is 18.1 Å². The highest BCUT2D eigenvalue weighted by atomic mass is 35.5. The van der Waals surface area contributed by atoms with E-state index in [-0.39, 0.29) is 34.1 Å². The Hall–Kier alpha value is -0.980. The van der Waals surface area contributed by atoms with Crippen molar-refractivity contribution in [3.63, 3.8) is 0 Å². The predicted octanol–water partition coefficient (Wildman–Crippen LogP) is 2.66. The molecule has 1 rings (SSSR count). The molecule has 124 valence electrons. The summed E-state index contributed by atoms with van der Waals surface area (Å²) < 4.78 is 30.8. The van der Waals surface area contributed by atoms with Gasteiger partial charge in [-0.05, 0) is 32.4 Å². The van der Waals surface area contributed by atoms with Crippen molar-refractivity contribution in [2.24, 2.45) is 0 Å². The molecule has 1 N–H and O–H groups in total. The Bertz CT molecular complexity index is 505. The van der Waals surface area contributed by atoms with E-state index in [1.165, 1.54) is 18.2 Å². The van der Waals surface area contributed by atoms with E-state index in [4.69, 9.17) is 16.3 Å². The Morgan fingerprint density at radius 1 is 1.45 bits per heavy atom. The van der Waals surface area contributed by atoms with Gasteiger partial charge in [-0.15, -0.1) is 0 Å². The molecular weight excluding hydrogens is 329 g/mol. The van der Waals surface area contributed by atoms with Crippen molar-refractivity contribution in [3.05, 3.63) is 34.6 Å². The minimum absolute atomic E-state index is 0.0740. The SMILES string of the molecule is CC(C)OCCCNC(=O)CS(=O)Cc1c(F)cccc1Cl. The molecule has 0 bridgehead atoms. The summed E-state index contributed by atoms with van der Waals surface area (Å²) in [4.78, 5) is 11.6. The lowest BCUT2D eigenvalue weighted by Gasteiger charge is -2.09. The maximum atomic E-state index is 13.6. The quantitative estimate of drug-likeness (QED) is 0.697. The Morgan fingerprint density at radius 2 is 2.18 bits per heavy atom. The van der Waals surface area contributed by atoms with Crippen LogP contribution in [0.25, 0.3) is 0 Å². The number of hydrogen-bond acceptors (Lipinski definition) is 3. The molecule has 7 heteroatoms. The average molecular weight is 350 g/mol. The van der Waals surface area contributed by atoms with Crippen LogP contribution >= 0.6 is 11.6 Å². The number of carbonyl (C=O) groups excluding carboxylic acids is 1. The minimum Gasteiger partial charge on any atom is -0.379 e. The molecule has 1 aromatic rings. The van der Waals surface area contributed by atoms with Crippen molar-refractivity contribution in [2.45, 2.75) is 32.1 Å². The van der Waals surface area contributed by atoms with Crippen LogP contribution in [0, 0.1) is 5.82 Å². The molecule has 0 aromatic heterocycles. The number of halogens is 2. The Morgan fingerprint density at radius 3 is 2.82 bits per heavy atom. The van der Waals surface area contributed by atoms with Crippen molar-refractivity contribution in [1.29, 1.82) is 0 Å². The van der Waals surface area contributed by atoms with Gasteiger partial charge in [-0.1, -0.05) is 17.7 Å². The molecule has 1 aromatic carbocycles. The van der Waals surface area contributed by atoms with E-state index in [1.54, 1.807) is 0 Å². The number of carbonyl (C=O) groups is 1. The summed E-state index contributed by atoms with van der Waals surface area (Å²) >= 11 is 5.87. The molecule has 0 spiro atoms. The normalized spacial score (nSPS) is 12.4. The molecule has 1 unspecified atom stereocenters. The highest BCUT2D eigenvalue weighted by Gasteiger charge is 2.13. The fraction of sp³-hybridized carbons (Fsp3) is 0.533. The number of ether oxygens (including phenoxy) is 1. The topological polar surface area (TPSA) is 55.4 Å². The molecule has 0 saturated heterocycles. The molecule has 0 heterocycles. The highest BCUT2D eigenvalue weighted by Crippen LogP contribution is 2.20. The highest BCUT2D eigenvalue weighted by molar-refractivity contribution is 7.84. The fourth-order valence-corrected chi connectivity index (χ4v) is 3.12. The van der Waals surface area contributed by atoms with Gasteiger partial charge in [-0.25, -0.2) is 4.39 Å². The molecule has 0 aliphatic carbocycles. The second kappa shape index (κ2) is 9.92. The zero-order chi connectivity index (χ0) is 16.5. The first-order valence-corrected chi connectivity index (χ1v) is 8.93. The van der Waals surface area contributed by atoms with Gasteiger partial charge in [0.1, 0.15) is 11.6 Å². The summed E-state index contributed by atoms with van der Waals surface area (Å²) in [6, 6.07) is 4.27. The van der Waals surface area contributed by atoms with E-state index in [0.29, 0.717) is 19.6 Å². The van der Waals surface area contributed by atoms with Crippen LogP contribution in [0.4, 0.5) is 4.39 Å². The van der Waals surface area contributed by atoms with E-state index in [0.717, 1.165) is 0 Å². The van der Waals surface area contributed by atoms with Crippen LogP contribution in [0.1, 0.15) is 25.8 Å². The molecule has 0 saturated carbocycles. The van der Waals surface area contributed by atoms with E-state index in [1.807, 2.05) is 13.8 Å². The van der Waals surface area contributed by atoms with Crippen LogP contribution in [-0.4, -0.2) is 35.1 Å². The smallest absolute Gasteiger partial charge is 0.232 e. The van der Waals surface area contributed by atoms with Gasteiger partial charge in [0.25, 0.3) is 0 Å². The minimum atomic E-state index is -1.50. The van der Waals surface area contributed by atoms with E-state index in [2.05, 4.69) is 5.32 Å². The second-order valence-corrected chi connectivity index (χ2v) is 6.92. The molecular formula is C15H21ClFNO3S. The maximum absolute atomic E-state index is 13.6. The fourth-order valence-electron chi connectivity index (χ4n) is 1.70. The van der Waals surface area contributed by atoms with Crippen LogP contribution in [0.3, 0.4) is 0 Å². The van der Waals surface area contributed by atoms with Crippen LogP contribution in [0.15, 0.2) is 18.2 Å². The van der Waals surface area contributed by atoms with Crippen molar-refractivity contribution in [2.75, 3.05) is 18.9 Å². The molecule has 0 radical (unpaired) electrons. The third-order valence-electron chi connectivity index (χ3n) is 2.75. The zero-order valence-corrected chi connectivity index (χ0v) is 14.3. The lowest BCUT2D eigenvalue weighted by molar-refractivity contribution is -0.118. The van der Waals surface area contributed by atoms with Crippen molar-refractivity contribution in [3.8, 4) is 0 Å². The lowest BCUT2D eigenvalue weighted by Crippen LogP contribution is -2.30. The summed E-state index contributed by atoms with van der Waals surface area (Å²) in [5.74, 6) is -1.08. The lowest BCUT2D eigenvalue weighted by atomic mass is 10.2. The number of rotatable bonds is 9. The van der Waals surface area contributed by atoms with E-state index >= 15 is 0 Å². The third-order valence-corrected chi connectivity index (χ3v) is 4.30. The van der Waals surface area contributed by atoms with Gasteiger partial charge < -0.3 is 10.1 Å². The largest absolute Gasteiger partial charge is 0.379 e.